The molecule has 1 aromatic heterocycles. The fourth-order valence-electron chi connectivity index (χ4n) is 11.0. The van der Waals surface area contributed by atoms with E-state index in [9.17, 15) is 20.0 Å². The minimum Gasteiger partial charge on any atom is -0.504 e. The van der Waals surface area contributed by atoms with Crippen LogP contribution in [0.5, 0.6) is 34.5 Å². The van der Waals surface area contributed by atoms with E-state index in [1.807, 2.05) is 38.1 Å². The van der Waals surface area contributed by atoms with Gasteiger partial charge in [0.15, 0.2) is 28.5 Å². The van der Waals surface area contributed by atoms with E-state index in [-0.39, 0.29) is 30.9 Å². The van der Waals surface area contributed by atoms with Crippen LogP contribution in [0.15, 0.2) is 36.9 Å². The summed E-state index contributed by atoms with van der Waals surface area (Å²) in [4.78, 5) is 36.1. The summed E-state index contributed by atoms with van der Waals surface area (Å²) in [7, 11) is 3.18. The van der Waals surface area contributed by atoms with Gasteiger partial charge >= 0.3 is 11.9 Å². The van der Waals surface area contributed by atoms with Crippen molar-refractivity contribution >= 4 is 34.6 Å². The molecule has 306 valence electrons. The van der Waals surface area contributed by atoms with Crippen molar-refractivity contribution < 1.29 is 43.1 Å². The maximum absolute atomic E-state index is 15.0. The molecule has 15 heteroatoms. The maximum Gasteiger partial charge on any atom is 0.333 e. The van der Waals surface area contributed by atoms with Crippen molar-refractivity contribution in [1.29, 1.82) is 5.26 Å². The SMILES string of the molecule is C=CCN1[C@H]2c3c(cc(C)c(OC)c3O)C[C@H]1[C@H](C#N)N1C2[C@@H]2SC[C@]3(NCCc4c3[nH]c3ccc(OC)cc43)C(=O)OC[C@H]1c1c3c(c(C)c(OC(C)=O)c12)OCO3. The number of nitrogens with one attached hydrogen (secondary N) is 2. The highest BCUT2D eigenvalue weighted by atomic mass is 32.2. The van der Waals surface area contributed by atoms with Crippen molar-refractivity contribution in [1.82, 2.24) is 20.1 Å². The molecule has 4 aromatic rings. The molecule has 14 nitrogen and oxygen atoms in total. The van der Waals surface area contributed by atoms with Gasteiger partial charge in [0, 0.05) is 71.0 Å². The molecular weight excluding hydrogens is 775 g/mol. The van der Waals surface area contributed by atoms with E-state index < -0.39 is 46.9 Å². The summed E-state index contributed by atoms with van der Waals surface area (Å²) in [5, 5.41) is 27.6. The zero-order chi connectivity index (χ0) is 41.1. The Labute approximate surface area is 345 Å². The Balaban J connectivity index is 1.26. The largest absolute Gasteiger partial charge is 0.504 e. The highest BCUT2D eigenvalue weighted by molar-refractivity contribution is 7.99. The van der Waals surface area contributed by atoms with Crippen LogP contribution in [0.3, 0.4) is 0 Å². The fourth-order valence-corrected chi connectivity index (χ4v) is 12.7. The van der Waals surface area contributed by atoms with E-state index in [4.69, 9.17) is 28.4 Å². The number of aromatic amines is 1. The van der Waals surface area contributed by atoms with Gasteiger partial charge in [-0.05, 0) is 61.6 Å². The molecule has 1 spiro atoms. The smallest absolute Gasteiger partial charge is 0.333 e. The third-order valence-electron chi connectivity index (χ3n) is 13.3. The van der Waals surface area contributed by atoms with E-state index in [1.54, 1.807) is 14.2 Å². The number of rotatable bonds is 5. The van der Waals surface area contributed by atoms with Gasteiger partial charge in [-0.15, -0.1) is 18.3 Å². The number of carbonyl (C=O) groups is 2. The number of phenols is 1. The number of aromatic nitrogens is 1. The number of phenolic OH excluding ortho intramolecular Hbond substituents is 1. The second kappa shape index (κ2) is 13.8. The van der Waals surface area contributed by atoms with Crippen LogP contribution in [0.25, 0.3) is 10.9 Å². The number of hydrogen-bond acceptors (Lipinski definition) is 14. The minimum atomic E-state index is -1.31. The Morgan fingerprint density at radius 1 is 1.14 bits per heavy atom. The number of benzene rings is 3. The van der Waals surface area contributed by atoms with Crippen LogP contribution in [-0.2, 0) is 32.7 Å². The van der Waals surface area contributed by atoms with Crippen LogP contribution in [0.1, 0.15) is 68.9 Å². The molecule has 7 aliphatic heterocycles. The fraction of sp³-hybridized carbons (Fsp3) is 0.432. The number of nitriles is 1. The number of carbonyl (C=O) groups excluding carboxylic acids is 2. The zero-order valence-electron chi connectivity index (χ0n) is 33.5. The average molecular weight is 820 g/mol. The quantitative estimate of drug-likeness (QED) is 0.135. The number of piperazine rings is 1. The second-order valence-corrected chi connectivity index (χ2v) is 17.2. The molecule has 0 radical (unpaired) electrons. The Kier molecular flexibility index (Phi) is 8.88. The number of H-pyrrole nitrogens is 1. The minimum absolute atomic E-state index is 0.0469. The number of methoxy groups -OCH3 is 2. The first-order valence-electron chi connectivity index (χ1n) is 19.9. The Bertz CT molecular complexity index is 2530. The summed E-state index contributed by atoms with van der Waals surface area (Å²) in [5.41, 5.74) is 5.73. The molecule has 3 aromatic carbocycles. The molecule has 4 bridgehead atoms. The summed E-state index contributed by atoms with van der Waals surface area (Å²) in [6.07, 6.45) is 2.98. The summed E-state index contributed by atoms with van der Waals surface area (Å²) in [5.74, 6) is 1.66. The van der Waals surface area contributed by atoms with Crippen LogP contribution in [0.2, 0.25) is 0 Å². The van der Waals surface area contributed by atoms with Crippen LogP contribution >= 0.6 is 11.8 Å². The summed E-state index contributed by atoms with van der Waals surface area (Å²) in [6, 6.07) is 7.76. The maximum atomic E-state index is 15.0. The molecule has 0 amide bonds. The summed E-state index contributed by atoms with van der Waals surface area (Å²) < 4.78 is 36.5. The monoisotopic (exact) mass is 819 g/mol. The number of hydrogen-bond donors (Lipinski definition) is 3. The molecule has 2 fully saturated rings. The van der Waals surface area contributed by atoms with Crippen molar-refractivity contribution in [3.8, 4) is 40.6 Å². The lowest BCUT2D eigenvalue weighted by atomic mass is 9.71. The summed E-state index contributed by atoms with van der Waals surface area (Å²) in [6.45, 7) is 9.99. The molecule has 7 atom stereocenters. The number of thioether (sulfide) groups is 1. The van der Waals surface area contributed by atoms with Crippen LogP contribution < -0.4 is 29.0 Å². The normalized spacial score (nSPS) is 27.8. The van der Waals surface area contributed by atoms with Gasteiger partial charge in [-0.3, -0.25) is 19.9 Å². The highest BCUT2D eigenvalue weighted by Gasteiger charge is 2.62. The van der Waals surface area contributed by atoms with E-state index >= 15 is 0 Å². The molecule has 3 N–H and O–H groups in total. The predicted octanol–water partition coefficient (Wildman–Crippen LogP) is 5.32. The molecule has 7 aliphatic rings. The predicted molar refractivity (Wildman–Crippen MR) is 217 cm³/mol. The third-order valence-corrected chi connectivity index (χ3v) is 14.7. The number of nitrogens with zero attached hydrogens (tertiary/aromatic N) is 3. The Hall–Kier alpha value is -5.40. The van der Waals surface area contributed by atoms with Gasteiger partial charge < -0.3 is 38.5 Å². The van der Waals surface area contributed by atoms with Crippen LogP contribution in [0, 0.1) is 25.2 Å². The third kappa shape index (κ3) is 5.22. The number of esters is 2. The molecule has 0 saturated carbocycles. The lowest BCUT2D eigenvalue weighted by Crippen LogP contribution is -2.70. The molecule has 8 heterocycles. The molecule has 0 aliphatic carbocycles. The Morgan fingerprint density at radius 2 is 1.95 bits per heavy atom. The molecule has 1 unspecified atom stereocenters. The average Bonchev–Trinajstić information content (AvgIpc) is 3.87. The first-order chi connectivity index (χ1) is 28.6. The van der Waals surface area contributed by atoms with Crippen molar-refractivity contribution in [2.24, 2.45) is 0 Å². The molecule has 2 saturated heterocycles. The lowest BCUT2D eigenvalue weighted by Gasteiger charge is -2.62. The standard InChI is InChI=1S/C44H45N5O9S/c1-7-12-48-28-14-23-13-20(2)37(54-6)36(51)31(23)34(48)35-41-33-32(40-39(56-19-57-40)21(3)38(33)58-22(4)50)30(49(35)29(28)16-45)17-55-43(52)44(18-59-41)42-25(10-11-46-44)26-15-24(53-5)8-9-27(26)47-42/h7-9,13,15,28-30,34-35,41,46-47,51H,1,10-12,14,17-19H2,2-6H3/t28-,29-,30-,34-,35?,41+,44+/m0/s1. The van der Waals surface area contributed by atoms with Gasteiger partial charge in [-0.2, -0.15) is 5.26 Å². The Morgan fingerprint density at radius 3 is 2.69 bits per heavy atom. The first kappa shape index (κ1) is 37.8. The molecule has 59 heavy (non-hydrogen) atoms. The number of fused-ring (bicyclic) bond motifs is 11. The zero-order valence-corrected chi connectivity index (χ0v) is 34.3. The van der Waals surface area contributed by atoms with E-state index in [0.29, 0.717) is 76.9 Å². The van der Waals surface area contributed by atoms with Crippen molar-refractivity contribution in [3.05, 3.63) is 81.6 Å². The second-order valence-electron chi connectivity index (χ2n) is 16.1. The number of aryl methyl sites for hydroxylation is 1. The van der Waals surface area contributed by atoms with Gasteiger partial charge in [-0.25, -0.2) is 4.79 Å². The molecule has 11 rings (SSSR count). The van der Waals surface area contributed by atoms with Crippen LogP contribution in [0.4, 0.5) is 0 Å². The van der Waals surface area contributed by atoms with Gasteiger partial charge in [0.25, 0.3) is 0 Å². The first-order valence-corrected chi connectivity index (χ1v) is 20.9. The number of aromatic hydroxyl groups is 1. The van der Waals surface area contributed by atoms with Gasteiger partial charge in [-0.1, -0.05) is 12.1 Å². The lowest BCUT2D eigenvalue weighted by molar-refractivity contribution is -0.157. The highest BCUT2D eigenvalue weighted by Crippen LogP contribution is 2.65. The van der Waals surface area contributed by atoms with Gasteiger partial charge in [0.2, 0.25) is 6.79 Å². The van der Waals surface area contributed by atoms with E-state index in [1.165, 1.54) is 18.7 Å². The van der Waals surface area contributed by atoms with E-state index in [2.05, 4.69) is 38.8 Å². The van der Waals surface area contributed by atoms with E-state index in [0.717, 1.165) is 33.3 Å². The van der Waals surface area contributed by atoms with Crippen LogP contribution in [-0.4, -0.2) is 96.4 Å². The van der Waals surface area contributed by atoms with Gasteiger partial charge in [0.1, 0.15) is 24.1 Å². The van der Waals surface area contributed by atoms with Crippen molar-refractivity contribution in [2.45, 2.75) is 74.6 Å². The number of ether oxygens (including phenoxy) is 6. The van der Waals surface area contributed by atoms with Gasteiger partial charge in [0.05, 0.1) is 43.3 Å². The summed E-state index contributed by atoms with van der Waals surface area (Å²) >= 11 is 1.53. The van der Waals surface area contributed by atoms with Crippen molar-refractivity contribution in [3.63, 3.8) is 0 Å². The van der Waals surface area contributed by atoms with Crippen molar-refractivity contribution in [2.75, 3.05) is 46.5 Å². The topological polar surface area (TPSA) is 168 Å². The molecular formula is C44H45N5O9S.